The zero-order chi connectivity index (χ0) is 14.7. The van der Waals surface area contributed by atoms with Gasteiger partial charge in [-0.15, -0.1) is 0 Å². The molecule has 0 fully saturated rings. The lowest BCUT2D eigenvalue weighted by Gasteiger charge is -2.07. The summed E-state index contributed by atoms with van der Waals surface area (Å²) in [7, 11) is 0. The molecule has 0 aromatic carbocycles. The Hall–Kier alpha value is -1.18. The molecule has 0 aliphatic carbocycles. The van der Waals surface area contributed by atoms with E-state index in [0.29, 0.717) is 13.0 Å². The van der Waals surface area contributed by atoms with Crippen molar-refractivity contribution in [3.05, 3.63) is 0 Å². The van der Waals surface area contributed by atoms with Crippen molar-refractivity contribution in [2.75, 3.05) is 6.54 Å². The van der Waals surface area contributed by atoms with Gasteiger partial charge in [-0.3, -0.25) is 9.59 Å². The highest BCUT2D eigenvalue weighted by atomic mass is 16.4. The Balaban J connectivity index is 0. The minimum absolute atomic E-state index is 0.0208. The van der Waals surface area contributed by atoms with Gasteiger partial charge in [-0.05, 0) is 25.3 Å². The standard InChI is InChI=1S/C6H14N2O2.C5H11NO2/c7-4-2-1-3-5(8)6(9)10;1-3(2)4(6)5(7)8/h5H,1-4,7-8H2,(H,9,10);3-4H,6H2,1-2H3,(H,7,8)/t5-;4-/m00/s1. The van der Waals surface area contributed by atoms with Gasteiger partial charge in [0.05, 0.1) is 0 Å². The van der Waals surface area contributed by atoms with Gasteiger partial charge in [0, 0.05) is 0 Å². The topological polar surface area (TPSA) is 153 Å². The van der Waals surface area contributed by atoms with Crippen molar-refractivity contribution in [2.45, 2.75) is 45.2 Å². The van der Waals surface area contributed by atoms with Gasteiger partial charge in [-0.25, -0.2) is 0 Å². The van der Waals surface area contributed by atoms with Crippen LogP contribution in [-0.4, -0.2) is 40.8 Å². The largest absolute Gasteiger partial charge is 0.480 e. The van der Waals surface area contributed by atoms with Gasteiger partial charge in [0.15, 0.2) is 0 Å². The normalized spacial score (nSPS) is 13.4. The Labute approximate surface area is 107 Å². The molecule has 18 heavy (non-hydrogen) atoms. The summed E-state index contributed by atoms with van der Waals surface area (Å²) in [5.41, 5.74) is 15.6. The van der Waals surface area contributed by atoms with Gasteiger partial charge < -0.3 is 27.4 Å². The SMILES string of the molecule is CC(C)[C@H](N)C(=O)O.NCCCC[C@H](N)C(=O)O. The Morgan fingerprint density at radius 3 is 1.78 bits per heavy atom. The van der Waals surface area contributed by atoms with Gasteiger partial charge in [0.2, 0.25) is 0 Å². The van der Waals surface area contributed by atoms with E-state index in [0.717, 1.165) is 12.8 Å². The van der Waals surface area contributed by atoms with Crippen molar-refractivity contribution in [2.24, 2.45) is 23.1 Å². The second kappa shape index (κ2) is 10.9. The summed E-state index contributed by atoms with van der Waals surface area (Å²) in [6.45, 7) is 4.16. The summed E-state index contributed by atoms with van der Waals surface area (Å²) < 4.78 is 0. The minimum atomic E-state index is -0.933. The van der Waals surface area contributed by atoms with Crippen molar-refractivity contribution < 1.29 is 19.8 Å². The lowest BCUT2D eigenvalue weighted by molar-refractivity contribution is -0.140. The van der Waals surface area contributed by atoms with Crippen molar-refractivity contribution in [3.8, 4) is 0 Å². The molecule has 0 radical (unpaired) electrons. The average Bonchev–Trinajstić information content (AvgIpc) is 2.28. The predicted molar refractivity (Wildman–Crippen MR) is 69.0 cm³/mol. The van der Waals surface area contributed by atoms with Crippen LogP contribution in [-0.2, 0) is 9.59 Å². The molecule has 0 unspecified atom stereocenters. The highest BCUT2D eigenvalue weighted by Gasteiger charge is 2.14. The van der Waals surface area contributed by atoms with E-state index in [9.17, 15) is 9.59 Å². The molecule has 8 N–H and O–H groups in total. The lowest BCUT2D eigenvalue weighted by atomic mass is 10.1. The maximum Gasteiger partial charge on any atom is 0.320 e. The van der Waals surface area contributed by atoms with Crippen LogP contribution in [0.1, 0.15) is 33.1 Å². The highest BCUT2D eigenvalue weighted by Crippen LogP contribution is 1.97. The van der Waals surface area contributed by atoms with Crippen LogP contribution in [0.2, 0.25) is 0 Å². The van der Waals surface area contributed by atoms with Crippen LogP contribution < -0.4 is 17.2 Å². The van der Waals surface area contributed by atoms with Crippen LogP contribution >= 0.6 is 0 Å². The average molecular weight is 263 g/mol. The summed E-state index contributed by atoms with van der Waals surface area (Å²) in [6, 6.07) is -1.43. The quantitative estimate of drug-likeness (QED) is 0.391. The zero-order valence-electron chi connectivity index (χ0n) is 11.0. The van der Waals surface area contributed by atoms with Gasteiger partial charge in [-0.1, -0.05) is 20.3 Å². The Morgan fingerprint density at radius 1 is 1.06 bits per heavy atom. The molecule has 0 rings (SSSR count). The monoisotopic (exact) mass is 263 g/mol. The van der Waals surface area contributed by atoms with Gasteiger partial charge in [0.25, 0.3) is 0 Å². The van der Waals surface area contributed by atoms with Crippen LogP contribution in [0, 0.1) is 5.92 Å². The number of unbranched alkanes of at least 4 members (excludes halogenated alkanes) is 1. The van der Waals surface area contributed by atoms with Gasteiger partial charge in [0.1, 0.15) is 12.1 Å². The Morgan fingerprint density at radius 2 is 1.56 bits per heavy atom. The lowest BCUT2D eigenvalue weighted by Crippen LogP contribution is -2.34. The first-order valence-electron chi connectivity index (χ1n) is 5.90. The number of hydrogen-bond donors (Lipinski definition) is 5. The summed E-state index contributed by atoms with van der Waals surface area (Å²) in [4.78, 5) is 20.2. The first kappa shape index (κ1) is 19.2. The molecule has 0 amide bonds. The van der Waals surface area contributed by atoms with Crippen LogP contribution in [0.3, 0.4) is 0 Å². The molecule has 2 atom stereocenters. The number of carboxylic acids is 2. The summed E-state index contributed by atoms with van der Waals surface area (Å²) in [5.74, 6) is -1.84. The first-order valence-corrected chi connectivity index (χ1v) is 5.90. The third-order valence-corrected chi connectivity index (χ3v) is 2.29. The van der Waals surface area contributed by atoms with Crippen molar-refractivity contribution >= 4 is 11.9 Å². The fourth-order valence-electron chi connectivity index (χ4n) is 0.917. The van der Waals surface area contributed by atoms with Crippen molar-refractivity contribution in [1.29, 1.82) is 0 Å². The van der Waals surface area contributed by atoms with Crippen molar-refractivity contribution in [3.63, 3.8) is 0 Å². The Kier molecular flexibility index (Phi) is 11.7. The predicted octanol–water partition coefficient (Wildman–Crippen LogP) is -0.418. The molecule has 0 saturated carbocycles. The van der Waals surface area contributed by atoms with E-state index in [2.05, 4.69) is 0 Å². The van der Waals surface area contributed by atoms with Crippen LogP contribution in [0.4, 0.5) is 0 Å². The number of aliphatic carboxylic acids is 2. The second-order valence-corrected chi connectivity index (χ2v) is 4.34. The molecule has 0 aromatic heterocycles. The van der Waals surface area contributed by atoms with E-state index in [1.807, 2.05) is 0 Å². The molecule has 108 valence electrons. The van der Waals surface area contributed by atoms with Crippen LogP contribution in [0.15, 0.2) is 0 Å². The molecular formula is C11H25N3O4. The van der Waals surface area contributed by atoms with Crippen LogP contribution in [0.25, 0.3) is 0 Å². The molecule has 7 heteroatoms. The number of carbonyl (C=O) groups is 2. The molecule has 0 saturated heterocycles. The third kappa shape index (κ3) is 11.3. The fourth-order valence-corrected chi connectivity index (χ4v) is 0.917. The van der Waals surface area contributed by atoms with E-state index in [1.54, 1.807) is 13.8 Å². The number of hydrogen-bond acceptors (Lipinski definition) is 5. The molecule has 0 heterocycles. The molecule has 0 aromatic rings. The zero-order valence-corrected chi connectivity index (χ0v) is 11.0. The summed E-state index contributed by atoms with van der Waals surface area (Å²) >= 11 is 0. The molecule has 0 spiro atoms. The molecule has 0 aliphatic heterocycles. The van der Waals surface area contributed by atoms with Gasteiger partial charge in [-0.2, -0.15) is 0 Å². The van der Waals surface area contributed by atoms with Crippen molar-refractivity contribution in [1.82, 2.24) is 0 Å². The molecule has 0 bridgehead atoms. The number of nitrogens with two attached hydrogens (primary N) is 3. The molecule has 7 nitrogen and oxygen atoms in total. The third-order valence-electron chi connectivity index (χ3n) is 2.29. The molecular weight excluding hydrogens is 238 g/mol. The maximum atomic E-state index is 10.1. The van der Waals surface area contributed by atoms with Crippen LogP contribution in [0.5, 0.6) is 0 Å². The minimum Gasteiger partial charge on any atom is -0.480 e. The smallest absolute Gasteiger partial charge is 0.320 e. The van der Waals surface area contributed by atoms with E-state index in [4.69, 9.17) is 27.4 Å². The summed E-state index contributed by atoms with van der Waals surface area (Å²) in [6.07, 6.45) is 2.16. The van der Waals surface area contributed by atoms with E-state index in [-0.39, 0.29) is 5.92 Å². The number of rotatable bonds is 7. The van der Waals surface area contributed by atoms with E-state index in [1.165, 1.54) is 0 Å². The highest BCUT2D eigenvalue weighted by molar-refractivity contribution is 5.73. The first-order chi connectivity index (χ1) is 8.23. The van der Waals surface area contributed by atoms with E-state index >= 15 is 0 Å². The fraction of sp³-hybridized carbons (Fsp3) is 0.818. The van der Waals surface area contributed by atoms with E-state index < -0.39 is 24.0 Å². The molecule has 0 aliphatic rings. The number of carboxylic acid groups (broad SMARTS) is 2. The summed E-state index contributed by atoms with van der Waals surface area (Å²) in [5, 5.41) is 16.6. The maximum absolute atomic E-state index is 10.1. The second-order valence-electron chi connectivity index (χ2n) is 4.34. The van der Waals surface area contributed by atoms with Gasteiger partial charge >= 0.3 is 11.9 Å². The Bertz CT molecular complexity index is 246.